The van der Waals surface area contributed by atoms with Crippen LogP contribution in [0.25, 0.3) is 10.2 Å². The van der Waals surface area contributed by atoms with Crippen molar-refractivity contribution in [3.05, 3.63) is 65.2 Å². The van der Waals surface area contributed by atoms with Gasteiger partial charge in [0.15, 0.2) is 5.01 Å². The summed E-state index contributed by atoms with van der Waals surface area (Å²) in [7, 11) is 0. The van der Waals surface area contributed by atoms with Crippen LogP contribution < -0.4 is 16.8 Å². The number of rotatable bonds is 11. The number of benzene rings is 2. The zero-order valence-corrected chi connectivity index (χ0v) is 21.1. The molecule has 9 heteroatoms. The van der Waals surface area contributed by atoms with Gasteiger partial charge in [-0.2, -0.15) is 0 Å². The highest BCUT2D eigenvalue weighted by molar-refractivity contribution is 7.20. The summed E-state index contributed by atoms with van der Waals surface area (Å²) in [5.74, 6) is -0.771. The highest BCUT2D eigenvalue weighted by atomic mass is 32.1. The van der Waals surface area contributed by atoms with E-state index < -0.39 is 18.1 Å². The number of aromatic nitrogens is 1. The molecule has 1 saturated heterocycles. The average molecular weight is 508 g/mol. The van der Waals surface area contributed by atoms with Crippen LogP contribution in [0.1, 0.15) is 47.5 Å². The molecule has 1 aliphatic rings. The number of ketones is 1. The Morgan fingerprint density at radius 3 is 2.58 bits per heavy atom. The van der Waals surface area contributed by atoms with Crippen LogP contribution in [-0.4, -0.2) is 58.7 Å². The number of fused-ring (bicyclic) bond motifs is 1. The van der Waals surface area contributed by atoms with E-state index in [4.69, 9.17) is 11.5 Å². The van der Waals surface area contributed by atoms with Gasteiger partial charge in [0.05, 0.1) is 22.3 Å². The number of nitrogens with zero attached hydrogens (tertiary/aromatic N) is 2. The molecule has 2 heterocycles. The van der Waals surface area contributed by atoms with Gasteiger partial charge in [-0.25, -0.2) is 4.98 Å². The number of unbranched alkanes of at least 4 members (excludes halogenated alkanes) is 1. The molecule has 36 heavy (non-hydrogen) atoms. The Balaban J connectivity index is 1.45. The van der Waals surface area contributed by atoms with Crippen LogP contribution in [0.2, 0.25) is 0 Å². The van der Waals surface area contributed by atoms with E-state index in [9.17, 15) is 14.4 Å². The predicted octanol–water partition coefficient (Wildman–Crippen LogP) is 2.65. The third kappa shape index (κ3) is 6.16. The van der Waals surface area contributed by atoms with Crippen molar-refractivity contribution in [3.63, 3.8) is 0 Å². The first-order valence-electron chi connectivity index (χ1n) is 12.5. The summed E-state index contributed by atoms with van der Waals surface area (Å²) >= 11 is 1.32. The third-order valence-electron chi connectivity index (χ3n) is 6.54. The molecular weight excluding hydrogens is 474 g/mol. The van der Waals surface area contributed by atoms with Crippen molar-refractivity contribution in [2.45, 2.75) is 56.7 Å². The lowest BCUT2D eigenvalue weighted by Gasteiger charge is -2.28. The van der Waals surface area contributed by atoms with Crippen molar-refractivity contribution < 1.29 is 14.4 Å². The van der Waals surface area contributed by atoms with Gasteiger partial charge in [-0.3, -0.25) is 14.4 Å². The van der Waals surface area contributed by atoms with E-state index in [-0.39, 0.29) is 17.6 Å². The second kappa shape index (κ2) is 12.2. The number of Topliss-reactive ketones (excluding diaryl/α,β-unsaturated/α-hetero) is 1. The standard InChI is InChI=1S/C27H33N5O3S/c28-15-7-6-12-21(24(33)26-31-20-11-4-5-14-23(20)36-26)30-25(34)22-13-8-16-32(22)27(35)19(29)17-18-9-2-1-3-10-18/h1-5,9-11,14,19,21-22H,6-8,12-13,15-17,28-29H2,(H,30,34)/t19?,21?,22-/m0/s1. The molecular formula is C27H33N5O3S. The van der Waals surface area contributed by atoms with Gasteiger partial charge < -0.3 is 21.7 Å². The molecule has 0 saturated carbocycles. The maximum Gasteiger partial charge on any atom is 0.243 e. The Bertz CT molecular complexity index is 1170. The van der Waals surface area contributed by atoms with Crippen LogP contribution in [0.4, 0.5) is 0 Å². The highest BCUT2D eigenvalue weighted by Gasteiger charge is 2.37. The summed E-state index contributed by atoms with van der Waals surface area (Å²) in [6.07, 6.45) is 3.58. The summed E-state index contributed by atoms with van der Waals surface area (Å²) in [4.78, 5) is 45.9. The quantitative estimate of drug-likeness (QED) is 0.270. The van der Waals surface area contributed by atoms with Crippen LogP contribution in [0, 0.1) is 0 Å². The first-order chi connectivity index (χ1) is 17.5. The normalized spacial score (nSPS) is 17.2. The molecule has 3 atom stereocenters. The Morgan fingerprint density at radius 1 is 1.08 bits per heavy atom. The molecule has 190 valence electrons. The highest BCUT2D eigenvalue weighted by Crippen LogP contribution is 2.24. The number of hydrogen-bond acceptors (Lipinski definition) is 7. The lowest BCUT2D eigenvalue weighted by Crippen LogP contribution is -2.54. The van der Waals surface area contributed by atoms with E-state index >= 15 is 0 Å². The molecule has 3 aromatic rings. The minimum absolute atomic E-state index is 0.210. The molecule has 5 N–H and O–H groups in total. The van der Waals surface area contributed by atoms with Gasteiger partial charge in [-0.05, 0) is 62.8 Å². The molecule has 0 radical (unpaired) electrons. The van der Waals surface area contributed by atoms with E-state index in [0.29, 0.717) is 50.2 Å². The smallest absolute Gasteiger partial charge is 0.243 e. The topological polar surface area (TPSA) is 131 Å². The number of carbonyl (C=O) groups is 3. The Kier molecular flexibility index (Phi) is 8.79. The van der Waals surface area contributed by atoms with Crippen LogP contribution in [0.3, 0.4) is 0 Å². The zero-order chi connectivity index (χ0) is 25.5. The molecule has 2 aromatic carbocycles. The van der Waals surface area contributed by atoms with E-state index in [0.717, 1.165) is 22.2 Å². The lowest BCUT2D eigenvalue weighted by atomic mass is 10.0. The fourth-order valence-electron chi connectivity index (χ4n) is 4.63. The van der Waals surface area contributed by atoms with Crippen LogP contribution >= 0.6 is 11.3 Å². The molecule has 4 rings (SSSR count). The van der Waals surface area contributed by atoms with Gasteiger partial charge in [-0.1, -0.05) is 42.5 Å². The minimum atomic E-state index is -0.731. The predicted molar refractivity (Wildman–Crippen MR) is 142 cm³/mol. The minimum Gasteiger partial charge on any atom is -0.344 e. The van der Waals surface area contributed by atoms with Gasteiger partial charge in [0.25, 0.3) is 0 Å². The summed E-state index contributed by atoms with van der Waals surface area (Å²) in [5.41, 5.74) is 13.6. The summed E-state index contributed by atoms with van der Waals surface area (Å²) in [5, 5.41) is 3.31. The molecule has 1 aromatic heterocycles. The molecule has 2 amide bonds. The SMILES string of the molecule is NCCCCC(NC(=O)[C@@H]1CCCN1C(=O)C(N)Cc1ccccc1)C(=O)c1nc2ccccc2s1. The molecule has 0 spiro atoms. The second-order valence-electron chi connectivity index (χ2n) is 9.18. The number of nitrogens with one attached hydrogen (secondary N) is 1. The Hall–Kier alpha value is -3.14. The first-order valence-corrected chi connectivity index (χ1v) is 13.3. The third-order valence-corrected chi connectivity index (χ3v) is 7.59. The monoisotopic (exact) mass is 507 g/mol. The fraction of sp³-hybridized carbons (Fsp3) is 0.407. The second-order valence-corrected chi connectivity index (χ2v) is 10.2. The van der Waals surface area contributed by atoms with Crippen molar-refractivity contribution in [3.8, 4) is 0 Å². The van der Waals surface area contributed by atoms with E-state index in [1.165, 1.54) is 11.3 Å². The molecule has 0 aliphatic carbocycles. The van der Waals surface area contributed by atoms with Crippen LogP contribution in [-0.2, 0) is 16.0 Å². The summed E-state index contributed by atoms with van der Waals surface area (Å²) in [6, 6.07) is 15.1. The van der Waals surface area contributed by atoms with Gasteiger partial charge in [0, 0.05) is 6.54 Å². The van der Waals surface area contributed by atoms with Crippen LogP contribution in [0.15, 0.2) is 54.6 Å². The molecule has 2 unspecified atom stereocenters. The number of amides is 2. The molecule has 0 bridgehead atoms. The number of likely N-dealkylation sites (tertiary alicyclic amines) is 1. The van der Waals surface area contributed by atoms with Crippen LogP contribution in [0.5, 0.6) is 0 Å². The van der Waals surface area contributed by atoms with Gasteiger partial charge in [0.1, 0.15) is 6.04 Å². The van der Waals surface area contributed by atoms with Crippen molar-refractivity contribution in [1.29, 1.82) is 0 Å². The Labute approximate surface area is 215 Å². The van der Waals surface area contributed by atoms with Crippen molar-refractivity contribution >= 4 is 39.2 Å². The zero-order valence-electron chi connectivity index (χ0n) is 20.3. The largest absolute Gasteiger partial charge is 0.344 e. The summed E-state index contributed by atoms with van der Waals surface area (Å²) in [6.45, 7) is 0.989. The van der Waals surface area contributed by atoms with E-state index in [2.05, 4.69) is 10.3 Å². The fourth-order valence-corrected chi connectivity index (χ4v) is 5.59. The van der Waals surface area contributed by atoms with E-state index in [1.54, 1.807) is 4.90 Å². The van der Waals surface area contributed by atoms with Crippen molar-refractivity contribution in [2.75, 3.05) is 13.1 Å². The molecule has 8 nitrogen and oxygen atoms in total. The maximum absolute atomic E-state index is 13.4. The van der Waals surface area contributed by atoms with Crippen molar-refractivity contribution in [2.24, 2.45) is 11.5 Å². The maximum atomic E-state index is 13.4. The summed E-state index contributed by atoms with van der Waals surface area (Å²) < 4.78 is 0.924. The lowest BCUT2D eigenvalue weighted by molar-refractivity contribution is -0.139. The molecule has 1 aliphatic heterocycles. The first kappa shape index (κ1) is 25.9. The Morgan fingerprint density at radius 2 is 1.83 bits per heavy atom. The number of carbonyl (C=O) groups excluding carboxylic acids is 3. The number of nitrogens with two attached hydrogens (primary N) is 2. The van der Waals surface area contributed by atoms with Gasteiger partial charge >= 0.3 is 0 Å². The number of thiazole rings is 1. The molecule has 1 fully saturated rings. The van der Waals surface area contributed by atoms with Gasteiger partial charge in [-0.15, -0.1) is 11.3 Å². The average Bonchev–Trinajstić information content (AvgIpc) is 3.55. The number of para-hydroxylation sites is 1. The van der Waals surface area contributed by atoms with Crippen molar-refractivity contribution in [1.82, 2.24) is 15.2 Å². The van der Waals surface area contributed by atoms with Gasteiger partial charge in [0.2, 0.25) is 17.6 Å². The van der Waals surface area contributed by atoms with E-state index in [1.807, 2.05) is 54.6 Å². The number of hydrogen-bond donors (Lipinski definition) is 3.